The van der Waals surface area contributed by atoms with Gasteiger partial charge >= 0.3 is 6.03 Å². The number of benzene rings is 1. The fourth-order valence-electron chi connectivity index (χ4n) is 1.06. The highest BCUT2D eigenvalue weighted by Gasteiger charge is 2.12. The Kier molecular flexibility index (Phi) is 4.49. The fourth-order valence-corrected chi connectivity index (χ4v) is 1.30. The van der Waals surface area contributed by atoms with E-state index < -0.39 is 17.7 Å². The molecule has 0 unspecified atom stereocenters. The Hall–Kier alpha value is -1.36. The first-order valence-electron chi connectivity index (χ1n) is 4.74. The van der Waals surface area contributed by atoms with Gasteiger partial charge in [-0.1, -0.05) is 18.5 Å². The van der Waals surface area contributed by atoms with Crippen LogP contribution in [0.5, 0.6) is 0 Å². The first-order chi connectivity index (χ1) is 7.54. The predicted octanol–water partition coefficient (Wildman–Crippen LogP) is 3.15. The van der Waals surface area contributed by atoms with Crippen molar-refractivity contribution in [1.82, 2.24) is 5.32 Å². The Morgan fingerprint density at radius 2 is 2.12 bits per heavy atom. The maximum absolute atomic E-state index is 13.2. The largest absolute Gasteiger partial charge is 0.338 e. The Morgan fingerprint density at radius 3 is 2.69 bits per heavy atom. The van der Waals surface area contributed by atoms with E-state index in [2.05, 4.69) is 10.6 Å². The SMILES string of the molecule is CCCNC(=O)Nc1c(F)cc(F)cc1Cl. The summed E-state index contributed by atoms with van der Waals surface area (Å²) < 4.78 is 25.9. The van der Waals surface area contributed by atoms with Gasteiger partial charge in [-0.25, -0.2) is 13.6 Å². The van der Waals surface area contributed by atoms with Crippen molar-refractivity contribution in [2.24, 2.45) is 0 Å². The summed E-state index contributed by atoms with van der Waals surface area (Å²) in [7, 11) is 0. The number of rotatable bonds is 3. The average Bonchev–Trinajstić information content (AvgIpc) is 2.20. The Labute approximate surface area is 96.8 Å². The first kappa shape index (κ1) is 12.7. The van der Waals surface area contributed by atoms with E-state index >= 15 is 0 Å². The quantitative estimate of drug-likeness (QED) is 0.848. The van der Waals surface area contributed by atoms with E-state index in [1.54, 1.807) is 0 Å². The zero-order chi connectivity index (χ0) is 12.1. The zero-order valence-corrected chi connectivity index (χ0v) is 9.37. The Balaban J connectivity index is 2.77. The molecule has 0 saturated heterocycles. The van der Waals surface area contributed by atoms with Crippen LogP contribution in [0.2, 0.25) is 5.02 Å². The van der Waals surface area contributed by atoms with Crippen molar-refractivity contribution in [3.8, 4) is 0 Å². The van der Waals surface area contributed by atoms with Crippen LogP contribution in [0.3, 0.4) is 0 Å². The molecule has 0 fully saturated rings. The fraction of sp³-hybridized carbons (Fsp3) is 0.300. The molecule has 1 rings (SSSR count). The molecule has 2 N–H and O–H groups in total. The van der Waals surface area contributed by atoms with Gasteiger partial charge in [0.05, 0.1) is 10.7 Å². The summed E-state index contributed by atoms with van der Waals surface area (Å²) in [5, 5.41) is 4.52. The molecular formula is C10H11ClF2N2O. The summed E-state index contributed by atoms with van der Waals surface area (Å²) in [6.45, 7) is 2.35. The van der Waals surface area contributed by atoms with Crippen LogP contribution in [0.4, 0.5) is 19.3 Å². The van der Waals surface area contributed by atoms with Crippen LogP contribution in [0.1, 0.15) is 13.3 Å². The molecular weight excluding hydrogens is 238 g/mol. The summed E-state index contributed by atoms with van der Waals surface area (Å²) in [6, 6.07) is 1.01. The van der Waals surface area contributed by atoms with Gasteiger partial charge < -0.3 is 10.6 Å². The van der Waals surface area contributed by atoms with Crippen LogP contribution in [-0.2, 0) is 0 Å². The van der Waals surface area contributed by atoms with Crippen molar-refractivity contribution >= 4 is 23.3 Å². The van der Waals surface area contributed by atoms with E-state index in [0.717, 1.165) is 12.5 Å². The van der Waals surface area contributed by atoms with E-state index in [4.69, 9.17) is 11.6 Å². The summed E-state index contributed by atoms with van der Waals surface area (Å²) in [5.74, 6) is -1.70. The van der Waals surface area contributed by atoms with Crippen molar-refractivity contribution in [3.05, 3.63) is 28.8 Å². The zero-order valence-electron chi connectivity index (χ0n) is 8.61. The average molecular weight is 249 g/mol. The van der Waals surface area contributed by atoms with Gasteiger partial charge in [0.1, 0.15) is 5.82 Å². The maximum atomic E-state index is 13.2. The van der Waals surface area contributed by atoms with Gasteiger partial charge in [-0.15, -0.1) is 0 Å². The standard InChI is InChI=1S/C10H11ClF2N2O/c1-2-3-14-10(16)15-9-7(11)4-6(12)5-8(9)13/h4-5H,2-3H2,1H3,(H2,14,15,16). The van der Waals surface area contributed by atoms with Crippen molar-refractivity contribution in [3.63, 3.8) is 0 Å². The number of anilines is 1. The van der Waals surface area contributed by atoms with Crippen LogP contribution >= 0.6 is 11.6 Å². The number of carbonyl (C=O) groups is 1. The van der Waals surface area contributed by atoms with Gasteiger partial charge in [0, 0.05) is 12.6 Å². The summed E-state index contributed by atoms with van der Waals surface area (Å²) in [4.78, 5) is 11.2. The highest BCUT2D eigenvalue weighted by atomic mass is 35.5. The molecule has 6 heteroatoms. The molecule has 0 saturated carbocycles. The predicted molar refractivity (Wildman–Crippen MR) is 58.7 cm³/mol. The summed E-state index contributed by atoms with van der Waals surface area (Å²) in [5.41, 5.74) is -0.225. The molecule has 0 aromatic heterocycles. The Morgan fingerprint density at radius 1 is 1.44 bits per heavy atom. The van der Waals surface area contributed by atoms with Crippen LogP contribution in [0.15, 0.2) is 12.1 Å². The van der Waals surface area contributed by atoms with Gasteiger partial charge in [0.25, 0.3) is 0 Å². The molecule has 16 heavy (non-hydrogen) atoms. The highest BCUT2D eigenvalue weighted by molar-refractivity contribution is 6.33. The third-order valence-corrected chi connectivity index (χ3v) is 2.08. The number of hydrogen-bond acceptors (Lipinski definition) is 1. The molecule has 0 aliphatic carbocycles. The van der Waals surface area contributed by atoms with E-state index in [1.807, 2.05) is 6.92 Å². The molecule has 3 nitrogen and oxygen atoms in total. The lowest BCUT2D eigenvalue weighted by atomic mass is 10.3. The van der Waals surface area contributed by atoms with Crippen molar-refractivity contribution in [2.45, 2.75) is 13.3 Å². The second-order valence-electron chi connectivity index (χ2n) is 3.13. The first-order valence-corrected chi connectivity index (χ1v) is 5.11. The van der Waals surface area contributed by atoms with E-state index in [0.29, 0.717) is 12.6 Å². The molecule has 1 aromatic carbocycles. The van der Waals surface area contributed by atoms with E-state index in [1.165, 1.54) is 0 Å². The van der Waals surface area contributed by atoms with Gasteiger partial charge in [0.2, 0.25) is 0 Å². The summed E-state index contributed by atoms with van der Waals surface area (Å²) in [6.07, 6.45) is 0.757. The van der Waals surface area contributed by atoms with Crippen molar-refractivity contribution in [2.75, 3.05) is 11.9 Å². The molecule has 0 radical (unpaired) electrons. The van der Waals surface area contributed by atoms with Gasteiger partial charge in [-0.3, -0.25) is 0 Å². The third kappa shape index (κ3) is 3.34. The van der Waals surface area contributed by atoms with Crippen LogP contribution < -0.4 is 10.6 Å². The lowest BCUT2D eigenvalue weighted by Gasteiger charge is -2.09. The third-order valence-electron chi connectivity index (χ3n) is 1.78. The lowest BCUT2D eigenvalue weighted by Crippen LogP contribution is -2.29. The molecule has 0 spiro atoms. The number of halogens is 3. The van der Waals surface area contributed by atoms with Crippen LogP contribution in [0, 0.1) is 11.6 Å². The number of carbonyl (C=O) groups excluding carboxylic acids is 1. The second-order valence-corrected chi connectivity index (χ2v) is 3.53. The minimum Gasteiger partial charge on any atom is -0.338 e. The highest BCUT2D eigenvalue weighted by Crippen LogP contribution is 2.26. The molecule has 0 heterocycles. The molecule has 88 valence electrons. The smallest absolute Gasteiger partial charge is 0.319 e. The van der Waals surface area contributed by atoms with Gasteiger partial charge in [-0.2, -0.15) is 0 Å². The Bertz CT molecular complexity index is 375. The van der Waals surface area contributed by atoms with Gasteiger partial charge in [-0.05, 0) is 12.5 Å². The monoisotopic (exact) mass is 248 g/mol. The van der Waals surface area contributed by atoms with E-state index in [-0.39, 0.29) is 10.7 Å². The minimum absolute atomic E-state index is 0.177. The number of nitrogens with one attached hydrogen (secondary N) is 2. The van der Waals surface area contributed by atoms with Crippen molar-refractivity contribution in [1.29, 1.82) is 0 Å². The van der Waals surface area contributed by atoms with Crippen LogP contribution in [0.25, 0.3) is 0 Å². The molecule has 0 bridgehead atoms. The topological polar surface area (TPSA) is 41.1 Å². The summed E-state index contributed by atoms with van der Waals surface area (Å²) >= 11 is 5.59. The second kappa shape index (κ2) is 5.65. The minimum atomic E-state index is -0.906. The molecule has 2 amide bonds. The maximum Gasteiger partial charge on any atom is 0.319 e. The van der Waals surface area contributed by atoms with E-state index in [9.17, 15) is 13.6 Å². The van der Waals surface area contributed by atoms with Crippen molar-refractivity contribution < 1.29 is 13.6 Å². The number of hydrogen-bond donors (Lipinski definition) is 2. The molecule has 0 atom stereocenters. The normalized spacial score (nSPS) is 10.0. The van der Waals surface area contributed by atoms with Gasteiger partial charge in [0.15, 0.2) is 5.82 Å². The molecule has 0 aliphatic heterocycles. The van der Waals surface area contributed by atoms with Crippen LogP contribution in [-0.4, -0.2) is 12.6 Å². The number of urea groups is 1. The lowest BCUT2D eigenvalue weighted by molar-refractivity contribution is 0.252. The molecule has 1 aromatic rings. The number of amides is 2. The molecule has 0 aliphatic rings.